The fraction of sp³-hybridized carbons (Fsp3) is 0.545. The van der Waals surface area contributed by atoms with Crippen LogP contribution in [0.15, 0.2) is 28.6 Å². The van der Waals surface area contributed by atoms with Crippen molar-refractivity contribution in [2.24, 2.45) is 0 Å². The number of aromatic nitrogens is 1. The number of carbonyl (C=O) groups is 1. The van der Waals surface area contributed by atoms with Gasteiger partial charge in [0.05, 0.1) is 11.4 Å². The lowest BCUT2D eigenvalue weighted by Crippen LogP contribution is -2.51. The summed E-state index contributed by atoms with van der Waals surface area (Å²) >= 11 is 1.42. The summed E-state index contributed by atoms with van der Waals surface area (Å²) in [6.45, 7) is 12.2. The molecule has 170 valence electrons. The number of thiazole rings is 1. The molecule has 31 heavy (non-hydrogen) atoms. The zero-order valence-electron chi connectivity index (χ0n) is 19.2. The Morgan fingerprint density at radius 1 is 1.13 bits per heavy atom. The monoisotopic (exact) mass is 464 g/mol. The number of likely N-dealkylation sites (N-methyl/N-ethyl adjacent to an activating group) is 1. The van der Waals surface area contributed by atoms with E-state index in [2.05, 4.69) is 25.8 Å². The van der Waals surface area contributed by atoms with Crippen LogP contribution in [0.3, 0.4) is 0 Å². The number of carbonyl (C=O) groups excluding carboxylic acids is 1. The molecule has 0 unspecified atom stereocenters. The fourth-order valence-electron chi connectivity index (χ4n) is 3.83. The summed E-state index contributed by atoms with van der Waals surface area (Å²) in [6.07, 6.45) is 1.67. The van der Waals surface area contributed by atoms with Crippen LogP contribution in [0.1, 0.15) is 37.5 Å². The van der Waals surface area contributed by atoms with E-state index in [4.69, 9.17) is 0 Å². The molecular weight excluding hydrogens is 432 g/mol. The smallest absolute Gasteiger partial charge is 0.243 e. The molecule has 1 aliphatic rings. The van der Waals surface area contributed by atoms with Crippen molar-refractivity contribution in [2.45, 2.75) is 44.9 Å². The van der Waals surface area contributed by atoms with Crippen LogP contribution in [-0.2, 0) is 20.2 Å². The van der Waals surface area contributed by atoms with Crippen LogP contribution >= 0.6 is 11.3 Å². The van der Waals surface area contributed by atoms with Gasteiger partial charge in [-0.3, -0.25) is 14.6 Å². The number of rotatable bonds is 5. The molecule has 1 amide bonds. The maximum Gasteiger partial charge on any atom is 0.243 e. The second-order valence-electron chi connectivity index (χ2n) is 9.14. The van der Waals surface area contributed by atoms with E-state index in [9.17, 15) is 13.2 Å². The van der Waals surface area contributed by atoms with Crippen molar-refractivity contribution in [3.63, 3.8) is 0 Å². The Bertz CT molecular complexity index is 1010. The molecule has 0 bridgehead atoms. The van der Waals surface area contributed by atoms with Gasteiger partial charge in [-0.25, -0.2) is 13.4 Å². The Labute approximate surface area is 189 Å². The second kappa shape index (κ2) is 8.97. The van der Waals surface area contributed by atoms with Gasteiger partial charge in [0.2, 0.25) is 15.9 Å². The van der Waals surface area contributed by atoms with Gasteiger partial charge in [-0.15, -0.1) is 11.3 Å². The first kappa shape index (κ1) is 23.8. The normalized spacial score (nSPS) is 16.5. The van der Waals surface area contributed by atoms with Gasteiger partial charge in [-0.05, 0) is 36.0 Å². The van der Waals surface area contributed by atoms with E-state index < -0.39 is 10.0 Å². The van der Waals surface area contributed by atoms with E-state index in [1.165, 1.54) is 11.3 Å². The first-order valence-electron chi connectivity index (χ1n) is 10.4. The maximum atomic E-state index is 13.4. The number of sulfonamides is 1. The SMILES string of the molecule is Cc1cc(C(C)(C)C)cc(C)c1S(=O)(=O)N1CCN(CC(=O)N(C)c2nccs2)CC1. The van der Waals surface area contributed by atoms with E-state index in [1.807, 2.05) is 36.3 Å². The van der Waals surface area contributed by atoms with Crippen molar-refractivity contribution in [3.05, 3.63) is 40.4 Å². The van der Waals surface area contributed by atoms with E-state index in [0.717, 1.165) is 16.7 Å². The molecule has 1 saturated heterocycles. The van der Waals surface area contributed by atoms with Crippen LogP contribution in [0.25, 0.3) is 0 Å². The average Bonchev–Trinajstić information content (AvgIpc) is 3.21. The van der Waals surface area contributed by atoms with Crippen molar-refractivity contribution in [1.82, 2.24) is 14.2 Å². The van der Waals surface area contributed by atoms with Crippen LogP contribution in [-0.4, -0.2) is 68.3 Å². The minimum atomic E-state index is -3.59. The highest BCUT2D eigenvalue weighted by molar-refractivity contribution is 7.89. The Morgan fingerprint density at radius 2 is 1.71 bits per heavy atom. The van der Waals surface area contributed by atoms with Gasteiger partial charge in [-0.2, -0.15) is 4.31 Å². The van der Waals surface area contributed by atoms with Crippen molar-refractivity contribution >= 4 is 32.4 Å². The van der Waals surface area contributed by atoms with Gasteiger partial charge >= 0.3 is 0 Å². The zero-order chi connectivity index (χ0) is 23.0. The van der Waals surface area contributed by atoms with Crippen LogP contribution in [0.5, 0.6) is 0 Å². The van der Waals surface area contributed by atoms with E-state index >= 15 is 0 Å². The van der Waals surface area contributed by atoms with Gasteiger partial charge in [0.1, 0.15) is 0 Å². The highest BCUT2D eigenvalue weighted by atomic mass is 32.2. The number of piperazine rings is 1. The van der Waals surface area contributed by atoms with Crippen molar-refractivity contribution < 1.29 is 13.2 Å². The molecule has 3 rings (SSSR count). The third-order valence-electron chi connectivity index (χ3n) is 5.69. The molecule has 1 aromatic heterocycles. The predicted octanol–water partition coefficient (Wildman–Crippen LogP) is 3.03. The molecule has 1 aromatic carbocycles. The average molecular weight is 465 g/mol. The van der Waals surface area contributed by atoms with Gasteiger partial charge in [-0.1, -0.05) is 32.9 Å². The summed E-state index contributed by atoms with van der Waals surface area (Å²) in [5, 5.41) is 2.50. The summed E-state index contributed by atoms with van der Waals surface area (Å²) in [5.74, 6) is -0.0456. The summed E-state index contributed by atoms with van der Waals surface area (Å²) < 4.78 is 28.4. The number of amides is 1. The summed E-state index contributed by atoms with van der Waals surface area (Å²) in [4.78, 5) is 20.7. The molecule has 2 heterocycles. The molecule has 0 N–H and O–H groups in total. The third kappa shape index (κ3) is 5.16. The first-order chi connectivity index (χ1) is 14.4. The van der Waals surface area contributed by atoms with Gasteiger partial charge < -0.3 is 0 Å². The molecule has 0 saturated carbocycles. The van der Waals surface area contributed by atoms with Crippen molar-refractivity contribution in [2.75, 3.05) is 44.7 Å². The fourth-order valence-corrected chi connectivity index (χ4v) is 6.29. The van der Waals surface area contributed by atoms with Crippen LogP contribution < -0.4 is 4.90 Å². The molecule has 1 fully saturated rings. The van der Waals surface area contributed by atoms with Gasteiger partial charge in [0, 0.05) is 44.8 Å². The molecule has 0 atom stereocenters. The molecule has 1 aliphatic heterocycles. The highest BCUT2D eigenvalue weighted by Gasteiger charge is 2.32. The highest BCUT2D eigenvalue weighted by Crippen LogP contribution is 2.31. The Morgan fingerprint density at radius 3 is 2.19 bits per heavy atom. The van der Waals surface area contributed by atoms with E-state index in [1.54, 1.807) is 22.4 Å². The Kier molecular flexibility index (Phi) is 6.90. The number of nitrogens with zero attached hydrogens (tertiary/aromatic N) is 4. The minimum absolute atomic E-state index is 0.0399. The molecule has 0 aliphatic carbocycles. The lowest BCUT2D eigenvalue weighted by atomic mass is 9.85. The van der Waals surface area contributed by atoms with Crippen LogP contribution in [0.4, 0.5) is 5.13 Å². The number of benzene rings is 1. The third-order valence-corrected chi connectivity index (χ3v) is 8.75. The lowest BCUT2D eigenvalue weighted by Gasteiger charge is -2.34. The zero-order valence-corrected chi connectivity index (χ0v) is 20.8. The van der Waals surface area contributed by atoms with Crippen LogP contribution in [0.2, 0.25) is 0 Å². The summed E-state index contributed by atoms with van der Waals surface area (Å²) in [7, 11) is -1.87. The molecule has 7 nitrogen and oxygen atoms in total. The Balaban J connectivity index is 1.68. The maximum absolute atomic E-state index is 13.4. The van der Waals surface area contributed by atoms with Crippen molar-refractivity contribution in [1.29, 1.82) is 0 Å². The molecule has 0 radical (unpaired) electrons. The Hall–Kier alpha value is -1.81. The molecule has 0 spiro atoms. The first-order valence-corrected chi connectivity index (χ1v) is 12.7. The topological polar surface area (TPSA) is 73.8 Å². The predicted molar refractivity (Wildman–Crippen MR) is 125 cm³/mol. The second-order valence-corrected chi connectivity index (χ2v) is 11.9. The van der Waals surface area contributed by atoms with E-state index in [0.29, 0.717) is 36.2 Å². The molecular formula is C22H32N4O3S2. The van der Waals surface area contributed by atoms with Crippen molar-refractivity contribution in [3.8, 4) is 0 Å². The number of hydrogen-bond acceptors (Lipinski definition) is 6. The number of hydrogen-bond donors (Lipinski definition) is 0. The lowest BCUT2D eigenvalue weighted by molar-refractivity contribution is -0.119. The number of anilines is 1. The van der Waals surface area contributed by atoms with Crippen LogP contribution in [0, 0.1) is 13.8 Å². The standard InChI is InChI=1S/C22H32N4O3S2/c1-16-13-18(22(3,4)5)14-17(2)20(16)31(28,29)26-10-8-25(9-11-26)15-19(27)24(6)21-23-7-12-30-21/h7,12-14H,8-11,15H2,1-6H3. The largest absolute Gasteiger partial charge is 0.292 e. The van der Waals surface area contributed by atoms with Gasteiger partial charge in [0.15, 0.2) is 5.13 Å². The molecule has 9 heteroatoms. The quantitative estimate of drug-likeness (QED) is 0.680. The number of aryl methyl sites for hydroxylation is 2. The molecule has 2 aromatic rings. The summed E-state index contributed by atoms with van der Waals surface area (Å²) in [5.41, 5.74) is 2.66. The minimum Gasteiger partial charge on any atom is -0.292 e. The summed E-state index contributed by atoms with van der Waals surface area (Å²) in [6, 6.07) is 3.98. The van der Waals surface area contributed by atoms with E-state index in [-0.39, 0.29) is 17.9 Å². The van der Waals surface area contributed by atoms with Gasteiger partial charge in [0.25, 0.3) is 0 Å².